The van der Waals surface area contributed by atoms with Crippen LogP contribution in [0.15, 0.2) is 0 Å². The van der Waals surface area contributed by atoms with Gasteiger partial charge in [-0.15, -0.1) is 0 Å². The molecule has 1 aliphatic rings. The lowest BCUT2D eigenvalue weighted by molar-refractivity contribution is -0.148. The Morgan fingerprint density at radius 2 is 1.96 bits per heavy atom. The lowest BCUT2D eigenvalue weighted by Gasteiger charge is -2.33. The van der Waals surface area contributed by atoms with E-state index < -0.39 is 12.0 Å². The highest BCUT2D eigenvalue weighted by molar-refractivity contribution is 5.83. The summed E-state index contributed by atoms with van der Waals surface area (Å²) in [6.07, 6.45) is 2.03. The zero-order valence-corrected chi connectivity index (χ0v) is 14.5. The van der Waals surface area contributed by atoms with Crippen molar-refractivity contribution >= 4 is 17.9 Å². The molecule has 0 aromatic carbocycles. The molecule has 3 amide bonds. The molecule has 1 heterocycles. The Balaban J connectivity index is 2.50. The molecular formula is C16H29N3O4. The molecule has 1 fully saturated rings. The summed E-state index contributed by atoms with van der Waals surface area (Å²) in [5.41, 5.74) is 0. The second-order valence-corrected chi connectivity index (χ2v) is 6.76. The van der Waals surface area contributed by atoms with Gasteiger partial charge in [-0.3, -0.25) is 4.79 Å². The minimum Gasteiger partial charge on any atom is -0.480 e. The van der Waals surface area contributed by atoms with Gasteiger partial charge in [-0.05, 0) is 31.6 Å². The van der Waals surface area contributed by atoms with Crippen molar-refractivity contribution < 1.29 is 19.5 Å². The molecule has 0 spiro atoms. The van der Waals surface area contributed by atoms with Gasteiger partial charge in [0.1, 0.15) is 6.04 Å². The number of nitrogens with zero attached hydrogens (tertiary/aromatic N) is 2. The number of aliphatic carboxylic acids is 1. The fourth-order valence-corrected chi connectivity index (χ4v) is 2.59. The van der Waals surface area contributed by atoms with Crippen LogP contribution >= 0.6 is 0 Å². The molecule has 7 nitrogen and oxygen atoms in total. The van der Waals surface area contributed by atoms with Crippen molar-refractivity contribution in [3.63, 3.8) is 0 Å². The third kappa shape index (κ3) is 6.08. The van der Waals surface area contributed by atoms with Crippen molar-refractivity contribution in [2.45, 2.75) is 46.1 Å². The van der Waals surface area contributed by atoms with E-state index in [9.17, 15) is 14.4 Å². The maximum Gasteiger partial charge on any atom is 0.326 e. The van der Waals surface area contributed by atoms with Crippen molar-refractivity contribution in [3.05, 3.63) is 0 Å². The maximum absolute atomic E-state index is 12.2. The van der Waals surface area contributed by atoms with Gasteiger partial charge in [-0.2, -0.15) is 0 Å². The molecule has 0 bridgehead atoms. The average molecular weight is 327 g/mol. The van der Waals surface area contributed by atoms with E-state index in [1.807, 2.05) is 13.8 Å². The number of carboxylic acids is 1. The summed E-state index contributed by atoms with van der Waals surface area (Å²) in [5.74, 6) is -0.717. The molecule has 0 radical (unpaired) electrons. The molecule has 0 aromatic rings. The fraction of sp³-hybridized carbons (Fsp3) is 0.812. The third-order valence-corrected chi connectivity index (χ3v) is 4.26. The summed E-state index contributed by atoms with van der Waals surface area (Å²) in [4.78, 5) is 38.3. The number of rotatable bonds is 6. The number of hydrogen-bond donors (Lipinski definition) is 2. The normalized spacial score (nSPS) is 19.3. The van der Waals surface area contributed by atoms with Crippen molar-refractivity contribution in [2.24, 2.45) is 11.8 Å². The van der Waals surface area contributed by atoms with Gasteiger partial charge in [0.25, 0.3) is 0 Å². The van der Waals surface area contributed by atoms with Crippen LogP contribution < -0.4 is 5.32 Å². The van der Waals surface area contributed by atoms with Crippen LogP contribution in [0.3, 0.4) is 0 Å². The minimum atomic E-state index is -1.01. The summed E-state index contributed by atoms with van der Waals surface area (Å²) in [6, 6.07) is -0.917. The molecule has 2 unspecified atom stereocenters. The SMILES string of the molecule is CC(C)CNC(=O)N1CCCC(CC(=O)N(C)C(C)C(=O)O)C1. The van der Waals surface area contributed by atoms with Crippen LogP contribution in [0.5, 0.6) is 0 Å². The van der Waals surface area contributed by atoms with Gasteiger partial charge in [0, 0.05) is 33.1 Å². The second kappa shape index (κ2) is 8.74. The summed E-state index contributed by atoms with van der Waals surface area (Å²) in [6.45, 7) is 7.46. The van der Waals surface area contributed by atoms with E-state index in [1.54, 1.807) is 4.90 Å². The summed E-state index contributed by atoms with van der Waals surface area (Å²) < 4.78 is 0. The number of likely N-dealkylation sites (N-methyl/N-ethyl adjacent to an activating group) is 1. The zero-order chi connectivity index (χ0) is 17.6. The van der Waals surface area contributed by atoms with Gasteiger partial charge >= 0.3 is 12.0 Å². The molecular weight excluding hydrogens is 298 g/mol. The van der Waals surface area contributed by atoms with Crippen LogP contribution in [-0.2, 0) is 9.59 Å². The molecule has 1 saturated heterocycles. The monoisotopic (exact) mass is 327 g/mol. The standard InChI is InChI=1S/C16H29N3O4/c1-11(2)9-17-16(23)19-7-5-6-13(10-19)8-14(20)18(4)12(3)15(21)22/h11-13H,5-10H2,1-4H3,(H,17,23)(H,21,22). The maximum atomic E-state index is 12.2. The highest BCUT2D eigenvalue weighted by atomic mass is 16.4. The van der Waals surface area contributed by atoms with E-state index in [0.717, 1.165) is 12.8 Å². The number of nitrogens with one attached hydrogen (secondary N) is 1. The lowest BCUT2D eigenvalue weighted by atomic mass is 9.94. The van der Waals surface area contributed by atoms with Crippen LogP contribution in [0, 0.1) is 11.8 Å². The molecule has 0 aliphatic carbocycles. The third-order valence-electron chi connectivity index (χ3n) is 4.26. The first kappa shape index (κ1) is 19.3. The summed E-state index contributed by atoms with van der Waals surface area (Å²) >= 11 is 0. The molecule has 7 heteroatoms. The predicted molar refractivity (Wildman–Crippen MR) is 87.0 cm³/mol. The molecule has 2 N–H and O–H groups in total. The topological polar surface area (TPSA) is 90.0 Å². The number of urea groups is 1. The van der Waals surface area contributed by atoms with Crippen LogP contribution in [0.25, 0.3) is 0 Å². The summed E-state index contributed by atoms with van der Waals surface area (Å²) in [5, 5.41) is 11.9. The fourth-order valence-electron chi connectivity index (χ4n) is 2.59. The van der Waals surface area contributed by atoms with E-state index in [0.29, 0.717) is 25.6 Å². The number of hydrogen-bond acceptors (Lipinski definition) is 3. The highest BCUT2D eigenvalue weighted by Gasteiger charge is 2.28. The Hall–Kier alpha value is -1.79. The minimum absolute atomic E-state index is 0.0805. The quantitative estimate of drug-likeness (QED) is 0.771. The van der Waals surface area contributed by atoms with E-state index >= 15 is 0 Å². The number of likely N-dealkylation sites (tertiary alicyclic amines) is 1. The van der Waals surface area contributed by atoms with Crippen LogP contribution in [0.4, 0.5) is 4.79 Å². The van der Waals surface area contributed by atoms with Crippen LogP contribution in [0.1, 0.15) is 40.0 Å². The number of amides is 3. The van der Waals surface area contributed by atoms with Gasteiger partial charge in [0.05, 0.1) is 0 Å². The Bertz CT molecular complexity index is 439. The smallest absolute Gasteiger partial charge is 0.326 e. The van der Waals surface area contributed by atoms with Crippen molar-refractivity contribution in [1.82, 2.24) is 15.1 Å². The Labute approximate surface area is 138 Å². The van der Waals surface area contributed by atoms with Gasteiger partial charge in [-0.1, -0.05) is 13.8 Å². The molecule has 132 valence electrons. The molecule has 1 rings (SSSR count). The van der Waals surface area contributed by atoms with Crippen molar-refractivity contribution in [2.75, 3.05) is 26.7 Å². The van der Waals surface area contributed by atoms with Gasteiger partial charge in [-0.25, -0.2) is 9.59 Å². The Kier molecular flexibility index (Phi) is 7.32. The average Bonchev–Trinajstić information content (AvgIpc) is 2.51. The van der Waals surface area contributed by atoms with Gasteiger partial charge in [0.2, 0.25) is 5.91 Å². The largest absolute Gasteiger partial charge is 0.480 e. The first-order chi connectivity index (χ1) is 10.7. The van der Waals surface area contributed by atoms with Crippen LogP contribution in [-0.4, -0.2) is 65.5 Å². The zero-order valence-electron chi connectivity index (χ0n) is 14.5. The number of carbonyl (C=O) groups excluding carboxylic acids is 2. The van der Waals surface area contributed by atoms with Gasteiger partial charge in [0.15, 0.2) is 0 Å². The summed E-state index contributed by atoms with van der Waals surface area (Å²) in [7, 11) is 1.51. The number of carbonyl (C=O) groups is 3. The van der Waals surface area contributed by atoms with E-state index in [1.165, 1.54) is 18.9 Å². The van der Waals surface area contributed by atoms with Gasteiger partial charge < -0.3 is 20.2 Å². The van der Waals surface area contributed by atoms with E-state index in [-0.39, 0.29) is 24.3 Å². The first-order valence-corrected chi connectivity index (χ1v) is 8.23. The molecule has 0 aromatic heterocycles. The van der Waals surface area contributed by atoms with E-state index in [4.69, 9.17) is 5.11 Å². The molecule has 23 heavy (non-hydrogen) atoms. The number of piperidine rings is 1. The molecule has 2 atom stereocenters. The second-order valence-electron chi connectivity index (χ2n) is 6.76. The lowest BCUT2D eigenvalue weighted by Crippen LogP contribution is -2.47. The Morgan fingerprint density at radius 3 is 2.52 bits per heavy atom. The first-order valence-electron chi connectivity index (χ1n) is 8.23. The number of carboxylic acid groups (broad SMARTS) is 1. The predicted octanol–water partition coefficient (Wildman–Crippen LogP) is 1.39. The molecule has 0 saturated carbocycles. The van der Waals surface area contributed by atoms with E-state index in [2.05, 4.69) is 5.32 Å². The van der Waals surface area contributed by atoms with Crippen LogP contribution in [0.2, 0.25) is 0 Å². The highest BCUT2D eigenvalue weighted by Crippen LogP contribution is 2.21. The molecule has 1 aliphatic heterocycles. The van der Waals surface area contributed by atoms with Crippen molar-refractivity contribution in [1.29, 1.82) is 0 Å². The van der Waals surface area contributed by atoms with Crippen molar-refractivity contribution in [3.8, 4) is 0 Å². The Morgan fingerprint density at radius 1 is 1.30 bits per heavy atom.